The molecule has 1 N–H and O–H groups in total. The maximum atomic E-state index is 6.27. The van der Waals surface area contributed by atoms with E-state index >= 15 is 0 Å². The summed E-state index contributed by atoms with van der Waals surface area (Å²) in [5.41, 5.74) is 2.16. The van der Waals surface area contributed by atoms with Crippen LogP contribution in [0.4, 0.5) is 11.5 Å². The van der Waals surface area contributed by atoms with Crippen molar-refractivity contribution in [2.24, 2.45) is 5.92 Å². The van der Waals surface area contributed by atoms with Crippen LogP contribution in [-0.4, -0.2) is 9.97 Å². The van der Waals surface area contributed by atoms with Crippen LogP contribution in [0.1, 0.15) is 23.8 Å². The fourth-order valence-electron chi connectivity index (χ4n) is 3.09. The number of anilines is 2. The van der Waals surface area contributed by atoms with Gasteiger partial charge in [-0.15, -0.1) is 11.3 Å². The third kappa shape index (κ3) is 2.80. The first-order chi connectivity index (χ1) is 11.1. The van der Waals surface area contributed by atoms with Crippen molar-refractivity contribution in [2.45, 2.75) is 26.2 Å². The molecule has 118 valence electrons. The second kappa shape index (κ2) is 5.93. The van der Waals surface area contributed by atoms with E-state index in [1.54, 1.807) is 29.8 Å². The van der Waals surface area contributed by atoms with Crippen molar-refractivity contribution in [3.05, 3.63) is 45.0 Å². The Balaban J connectivity index is 1.83. The van der Waals surface area contributed by atoms with Gasteiger partial charge < -0.3 is 5.32 Å². The van der Waals surface area contributed by atoms with Crippen LogP contribution >= 0.6 is 34.5 Å². The van der Waals surface area contributed by atoms with E-state index in [-0.39, 0.29) is 0 Å². The van der Waals surface area contributed by atoms with Crippen molar-refractivity contribution < 1.29 is 0 Å². The van der Waals surface area contributed by atoms with E-state index in [4.69, 9.17) is 23.2 Å². The molecule has 1 aliphatic rings. The summed E-state index contributed by atoms with van der Waals surface area (Å²) in [5.74, 6) is 1.55. The molecule has 4 rings (SSSR count). The smallest absolute Gasteiger partial charge is 0.142 e. The van der Waals surface area contributed by atoms with Crippen molar-refractivity contribution in [3.8, 4) is 0 Å². The van der Waals surface area contributed by atoms with Crippen LogP contribution in [0.15, 0.2) is 24.5 Å². The van der Waals surface area contributed by atoms with Crippen molar-refractivity contribution in [1.82, 2.24) is 9.97 Å². The summed E-state index contributed by atoms with van der Waals surface area (Å²) in [5, 5.41) is 5.74. The number of nitrogens with one attached hydrogen (secondary N) is 1. The minimum atomic E-state index is 0.624. The highest BCUT2D eigenvalue weighted by Gasteiger charge is 2.23. The molecule has 1 unspecified atom stereocenters. The van der Waals surface area contributed by atoms with Crippen LogP contribution in [-0.2, 0) is 12.8 Å². The Morgan fingerprint density at radius 1 is 1.26 bits per heavy atom. The molecule has 3 aromatic rings. The van der Waals surface area contributed by atoms with E-state index in [0.29, 0.717) is 10.0 Å². The van der Waals surface area contributed by atoms with Gasteiger partial charge in [-0.3, -0.25) is 0 Å². The minimum absolute atomic E-state index is 0.624. The largest absolute Gasteiger partial charge is 0.338 e. The van der Waals surface area contributed by atoms with Crippen LogP contribution in [0.5, 0.6) is 0 Å². The highest BCUT2D eigenvalue weighted by atomic mass is 35.5. The van der Waals surface area contributed by atoms with Gasteiger partial charge in [0.2, 0.25) is 0 Å². The number of hydrogen-bond acceptors (Lipinski definition) is 4. The molecule has 0 radical (unpaired) electrons. The molecule has 1 atom stereocenters. The van der Waals surface area contributed by atoms with Gasteiger partial charge in [-0.2, -0.15) is 0 Å². The van der Waals surface area contributed by atoms with Gasteiger partial charge in [0.15, 0.2) is 0 Å². The molecule has 2 heterocycles. The van der Waals surface area contributed by atoms with Gasteiger partial charge in [-0.05, 0) is 48.9 Å². The summed E-state index contributed by atoms with van der Waals surface area (Å²) in [7, 11) is 0. The summed E-state index contributed by atoms with van der Waals surface area (Å²) in [4.78, 5) is 11.4. The lowest BCUT2D eigenvalue weighted by Crippen LogP contribution is -2.09. The van der Waals surface area contributed by atoms with Crippen molar-refractivity contribution >= 4 is 56.3 Å². The van der Waals surface area contributed by atoms with Crippen molar-refractivity contribution in [3.63, 3.8) is 0 Å². The Kier molecular flexibility index (Phi) is 3.92. The predicted octanol–water partition coefficient (Wildman–Crippen LogP) is 5.87. The number of aryl methyl sites for hydroxylation is 1. The van der Waals surface area contributed by atoms with E-state index in [0.717, 1.165) is 40.5 Å². The van der Waals surface area contributed by atoms with E-state index in [9.17, 15) is 0 Å². The van der Waals surface area contributed by atoms with Gasteiger partial charge in [0, 0.05) is 9.90 Å². The lowest BCUT2D eigenvalue weighted by molar-refractivity contribution is 0.509. The zero-order valence-electron chi connectivity index (χ0n) is 12.6. The third-order valence-electron chi connectivity index (χ3n) is 4.27. The average Bonchev–Trinajstić information content (AvgIpc) is 2.89. The molecule has 0 spiro atoms. The summed E-state index contributed by atoms with van der Waals surface area (Å²) in [6.45, 7) is 2.31. The predicted molar refractivity (Wildman–Crippen MR) is 98.3 cm³/mol. The number of halogens is 2. The van der Waals surface area contributed by atoms with Crippen molar-refractivity contribution in [1.29, 1.82) is 0 Å². The van der Waals surface area contributed by atoms with Crippen LogP contribution in [0, 0.1) is 5.92 Å². The Labute approximate surface area is 148 Å². The van der Waals surface area contributed by atoms with Crippen molar-refractivity contribution in [2.75, 3.05) is 5.32 Å². The summed E-state index contributed by atoms with van der Waals surface area (Å²) >= 11 is 14.1. The first kappa shape index (κ1) is 15.2. The number of rotatable bonds is 2. The Morgan fingerprint density at radius 2 is 2.13 bits per heavy atom. The second-order valence-corrected chi connectivity index (χ2v) is 7.93. The fourth-order valence-corrected chi connectivity index (χ4v) is 4.78. The molecule has 0 amide bonds. The zero-order chi connectivity index (χ0) is 16.0. The molecule has 0 fully saturated rings. The molecule has 0 aliphatic heterocycles. The topological polar surface area (TPSA) is 37.8 Å². The zero-order valence-corrected chi connectivity index (χ0v) is 14.9. The van der Waals surface area contributed by atoms with Gasteiger partial charge in [-0.25, -0.2) is 9.97 Å². The molecule has 6 heteroatoms. The number of aromatic nitrogens is 2. The maximum absolute atomic E-state index is 6.27. The molecule has 1 aromatic carbocycles. The number of fused-ring (bicyclic) bond motifs is 3. The summed E-state index contributed by atoms with van der Waals surface area (Å²) in [6.07, 6.45) is 5.04. The van der Waals surface area contributed by atoms with Crippen LogP contribution in [0.25, 0.3) is 10.2 Å². The third-order valence-corrected chi connectivity index (χ3v) is 6.00. The monoisotopic (exact) mass is 363 g/mol. The first-order valence-electron chi connectivity index (χ1n) is 7.59. The molecular weight excluding hydrogens is 349 g/mol. The molecule has 23 heavy (non-hydrogen) atoms. The number of thiophene rings is 1. The van der Waals surface area contributed by atoms with Gasteiger partial charge in [-0.1, -0.05) is 30.1 Å². The van der Waals surface area contributed by atoms with Gasteiger partial charge in [0.1, 0.15) is 17.0 Å². The van der Waals surface area contributed by atoms with E-state index in [2.05, 4.69) is 22.2 Å². The fraction of sp³-hybridized carbons (Fsp3) is 0.294. The quantitative estimate of drug-likeness (QED) is 0.618. The highest BCUT2D eigenvalue weighted by molar-refractivity contribution is 7.19. The number of hydrogen-bond donors (Lipinski definition) is 1. The van der Waals surface area contributed by atoms with Crippen LogP contribution < -0.4 is 5.32 Å². The average molecular weight is 364 g/mol. The molecule has 0 bridgehead atoms. The van der Waals surface area contributed by atoms with E-state index in [1.165, 1.54) is 16.9 Å². The van der Waals surface area contributed by atoms with Gasteiger partial charge >= 0.3 is 0 Å². The first-order valence-corrected chi connectivity index (χ1v) is 9.16. The van der Waals surface area contributed by atoms with Gasteiger partial charge in [0.25, 0.3) is 0 Å². The molecule has 0 saturated carbocycles. The van der Waals surface area contributed by atoms with E-state index in [1.807, 2.05) is 6.07 Å². The van der Waals surface area contributed by atoms with Crippen LogP contribution in [0.3, 0.4) is 0 Å². The number of benzene rings is 1. The second-order valence-electron chi connectivity index (χ2n) is 6.00. The minimum Gasteiger partial charge on any atom is -0.338 e. The standard InChI is InChI=1S/C17H15Cl2N3S/c1-9-2-4-11-14(6-9)23-17-15(11)16(20-8-21-17)22-13-7-10(18)3-5-12(13)19/h3,5,7-9H,2,4,6H2,1H3,(H,20,21,22). The lowest BCUT2D eigenvalue weighted by atomic mass is 9.89. The van der Waals surface area contributed by atoms with Crippen LogP contribution in [0.2, 0.25) is 10.0 Å². The Hall–Kier alpha value is -1.36. The number of nitrogens with zero attached hydrogens (tertiary/aromatic N) is 2. The maximum Gasteiger partial charge on any atom is 0.142 e. The normalized spacial score (nSPS) is 17.3. The summed E-state index contributed by atoms with van der Waals surface area (Å²) < 4.78 is 0. The summed E-state index contributed by atoms with van der Waals surface area (Å²) in [6, 6.07) is 5.38. The molecule has 1 aliphatic carbocycles. The Morgan fingerprint density at radius 3 is 3.00 bits per heavy atom. The SMILES string of the molecule is CC1CCc2c(sc3ncnc(Nc4cc(Cl)ccc4Cl)c23)C1. The molecule has 3 nitrogen and oxygen atoms in total. The highest BCUT2D eigenvalue weighted by Crippen LogP contribution is 2.40. The lowest BCUT2D eigenvalue weighted by Gasteiger charge is -2.18. The molecular formula is C17H15Cl2N3S. The Bertz CT molecular complexity index is 891. The van der Waals surface area contributed by atoms with E-state index < -0.39 is 0 Å². The van der Waals surface area contributed by atoms with Gasteiger partial charge in [0.05, 0.1) is 16.1 Å². The molecule has 0 saturated heterocycles. The molecule has 2 aromatic heterocycles.